The van der Waals surface area contributed by atoms with Gasteiger partial charge in [-0.3, -0.25) is 4.74 Å². The van der Waals surface area contributed by atoms with E-state index in [0.29, 0.717) is 22.5 Å². The number of nitrogens with zero attached hydrogens (tertiary/aromatic N) is 4. The van der Waals surface area contributed by atoms with Crippen LogP contribution in [0.15, 0.2) is 42.5 Å². The number of hydrogen-bond donors (Lipinski definition) is 0. The Morgan fingerprint density at radius 1 is 0.743 bits per heavy atom. The van der Waals surface area contributed by atoms with E-state index in [-0.39, 0.29) is 5.84 Å². The van der Waals surface area contributed by atoms with Crippen LogP contribution in [0.1, 0.15) is 74.8 Å². The predicted molar refractivity (Wildman–Crippen MR) is 136 cm³/mol. The van der Waals surface area contributed by atoms with Crippen molar-refractivity contribution in [2.45, 2.75) is 91.4 Å². The molecule has 8 heteroatoms. The van der Waals surface area contributed by atoms with Gasteiger partial charge in [0.25, 0.3) is 0 Å². The summed E-state index contributed by atoms with van der Waals surface area (Å²) in [6.07, 6.45) is 0. The number of rotatable bonds is 4. The van der Waals surface area contributed by atoms with Crippen LogP contribution in [-0.4, -0.2) is 37.8 Å². The maximum absolute atomic E-state index is 13.0. The third-order valence-electron chi connectivity index (χ3n) is 6.96. The second-order valence-electron chi connectivity index (χ2n) is 12.3. The van der Waals surface area contributed by atoms with Crippen molar-refractivity contribution in [1.29, 1.82) is 0 Å². The molecular weight excluding hydrogens is 444 g/mol. The van der Waals surface area contributed by atoms with Crippen molar-refractivity contribution >= 4 is 17.2 Å². The Labute approximate surface area is 208 Å². The molecule has 8 nitrogen and oxygen atoms in total. The van der Waals surface area contributed by atoms with Crippen molar-refractivity contribution < 1.29 is 20.4 Å². The molecule has 0 N–H and O–H groups in total. The minimum Gasteiger partial charge on any atom is -0.714 e. The van der Waals surface area contributed by atoms with Gasteiger partial charge in [-0.05, 0) is 111 Å². The molecule has 0 aliphatic carbocycles. The van der Waals surface area contributed by atoms with E-state index in [0.717, 1.165) is 25.5 Å². The summed E-state index contributed by atoms with van der Waals surface area (Å²) >= 11 is 0. The van der Waals surface area contributed by atoms with Crippen LogP contribution in [0.5, 0.6) is 0 Å². The molecule has 3 rings (SSSR count). The molecule has 1 heterocycles. The van der Waals surface area contributed by atoms with Gasteiger partial charge in [-0.15, -0.1) is 0 Å². The number of amidine groups is 1. The van der Waals surface area contributed by atoms with Crippen molar-refractivity contribution in [3.05, 3.63) is 53.2 Å². The molecule has 0 bridgehead atoms. The first-order valence-corrected chi connectivity index (χ1v) is 11.8. The van der Waals surface area contributed by atoms with E-state index < -0.39 is 22.2 Å². The Bertz CT molecular complexity index is 1090. The molecule has 0 fully saturated rings. The van der Waals surface area contributed by atoms with Crippen LogP contribution < -0.4 is 10.1 Å². The monoisotopic (exact) mass is 481 g/mol. The molecule has 0 saturated heterocycles. The first-order chi connectivity index (χ1) is 15.8. The maximum Gasteiger partial charge on any atom is 0.316 e. The zero-order valence-electron chi connectivity index (χ0n) is 22.5. The summed E-state index contributed by atoms with van der Waals surface area (Å²) in [6.45, 7) is 17.9. The maximum atomic E-state index is 13.0. The molecule has 35 heavy (non-hydrogen) atoms. The fourth-order valence-electron chi connectivity index (χ4n) is 3.93. The van der Waals surface area contributed by atoms with E-state index in [9.17, 15) is 20.8 Å². The highest BCUT2D eigenvalue weighted by Crippen LogP contribution is 2.38. The summed E-state index contributed by atoms with van der Waals surface area (Å²) in [5.41, 5.74) is -0.473. The molecule has 0 saturated carbocycles. The highest BCUT2D eigenvalue weighted by atomic mass is 16.5. The lowest BCUT2D eigenvalue weighted by molar-refractivity contribution is -0.539. The molecule has 0 aromatic heterocycles. The van der Waals surface area contributed by atoms with Crippen LogP contribution in [0.2, 0.25) is 0 Å². The van der Waals surface area contributed by atoms with E-state index in [1.165, 1.54) is 0 Å². The van der Waals surface area contributed by atoms with Crippen LogP contribution in [0.4, 0.5) is 11.4 Å². The molecule has 0 atom stereocenters. The van der Waals surface area contributed by atoms with Gasteiger partial charge in [-0.1, -0.05) is 27.6 Å². The predicted octanol–water partition coefficient (Wildman–Crippen LogP) is 5.73. The van der Waals surface area contributed by atoms with E-state index in [4.69, 9.17) is 0 Å². The highest BCUT2D eigenvalue weighted by Gasteiger charge is 2.59. The Morgan fingerprint density at radius 3 is 1.49 bits per heavy atom. The van der Waals surface area contributed by atoms with E-state index in [2.05, 4.69) is 0 Å². The van der Waals surface area contributed by atoms with Gasteiger partial charge in [0, 0.05) is 5.21 Å². The Kier molecular flexibility index (Phi) is 6.43. The van der Waals surface area contributed by atoms with E-state index in [1.807, 2.05) is 41.5 Å². The molecule has 2 aromatic rings. The Hall–Kier alpha value is -2.81. The second-order valence-corrected chi connectivity index (χ2v) is 12.3. The first kappa shape index (κ1) is 26.8. The molecule has 1 aliphatic heterocycles. The quantitative estimate of drug-likeness (QED) is 0.316. The van der Waals surface area contributed by atoms with Crippen molar-refractivity contribution in [1.82, 2.24) is 5.06 Å². The van der Waals surface area contributed by atoms with Gasteiger partial charge in [-0.2, -0.15) is 0 Å². The van der Waals surface area contributed by atoms with Gasteiger partial charge in [0.15, 0.2) is 5.54 Å². The molecule has 2 aromatic carbocycles. The van der Waals surface area contributed by atoms with Crippen LogP contribution >= 0.6 is 0 Å². The van der Waals surface area contributed by atoms with Gasteiger partial charge in [-0.25, -0.2) is 10.1 Å². The molecule has 1 aliphatic rings. The molecular formula is C27H37N4O4. The van der Waals surface area contributed by atoms with Crippen LogP contribution in [0, 0.1) is 5.21 Å². The van der Waals surface area contributed by atoms with Crippen LogP contribution in [-0.2, 0) is 15.6 Å². The fraction of sp³-hybridized carbons (Fsp3) is 0.519. The van der Waals surface area contributed by atoms with E-state index in [1.54, 1.807) is 70.2 Å². The van der Waals surface area contributed by atoms with E-state index >= 15 is 0 Å². The lowest BCUT2D eigenvalue weighted by Gasteiger charge is -2.32. The average Bonchev–Trinajstić information content (AvgIpc) is 2.87. The summed E-state index contributed by atoms with van der Waals surface area (Å²) in [4.78, 5) is 0. The average molecular weight is 482 g/mol. The molecule has 189 valence electrons. The summed E-state index contributed by atoms with van der Waals surface area (Å²) in [5.74, 6) is 0.0675. The van der Waals surface area contributed by atoms with Crippen molar-refractivity contribution in [3.8, 4) is 11.1 Å². The third-order valence-corrected chi connectivity index (χ3v) is 6.96. The van der Waals surface area contributed by atoms with Gasteiger partial charge in [0.05, 0.1) is 28.0 Å². The largest absolute Gasteiger partial charge is 0.714 e. The first-order valence-electron chi connectivity index (χ1n) is 11.8. The number of benzene rings is 2. The van der Waals surface area contributed by atoms with Crippen molar-refractivity contribution in [2.75, 3.05) is 10.1 Å². The van der Waals surface area contributed by atoms with Gasteiger partial charge < -0.3 is 5.21 Å². The van der Waals surface area contributed by atoms with Crippen LogP contribution in [0.25, 0.3) is 11.1 Å². The molecule has 0 spiro atoms. The summed E-state index contributed by atoms with van der Waals surface area (Å²) in [5, 5.41) is 54.6. The molecule has 3 radical (unpaired) electrons. The Balaban J connectivity index is 2.10. The fourth-order valence-corrected chi connectivity index (χ4v) is 3.93. The van der Waals surface area contributed by atoms with Gasteiger partial charge >= 0.3 is 5.84 Å². The Morgan fingerprint density at radius 2 is 1.14 bits per heavy atom. The normalized spacial score (nSPS) is 17.7. The van der Waals surface area contributed by atoms with Gasteiger partial charge in [0.1, 0.15) is 5.54 Å². The minimum absolute atomic E-state index is 0.0675. The minimum atomic E-state index is -0.902. The molecule has 0 amide bonds. The van der Waals surface area contributed by atoms with Gasteiger partial charge in [0.2, 0.25) is 0 Å². The third kappa shape index (κ3) is 4.58. The number of hydrogen-bond acceptors (Lipinski definition) is 4. The summed E-state index contributed by atoms with van der Waals surface area (Å²) in [7, 11) is 0. The van der Waals surface area contributed by atoms with Crippen molar-refractivity contribution in [2.24, 2.45) is 0 Å². The topological polar surface area (TPSA) is 95.5 Å². The second kappa shape index (κ2) is 8.40. The summed E-state index contributed by atoms with van der Waals surface area (Å²) < 4.78 is 0.783. The summed E-state index contributed by atoms with van der Waals surface area (Å²) in [6, 6.07) is 12.2. The molecule has 0 unspecified atom stereocenters. The standard InChI is InChI=1S/C27H37N4O4/c1-24(2,3)28(32)21-15-20(16-22(17-21)29(33)25(4,5)6)18-11-13-19(14-12-18)23-30(34)26(7,8)27(9,10)31(23)35/h11-17H,1-10H3. The zero-order chi connectivity index (χ0) is 26.7. The lowest BCUT2D eigenvalue weighted by atomic mass is 9.84. The number of anilines is 2. The lowest BCUT2D eigenvalue weighted by Crippen LogP contribution is -2.53. The smallest absolute Gasteiger partial charge is 0.316 e. The SMILES string of the molecule is CC(C)(C)N([O])c1cc(-c2ccc(C3=[N+]([O-])C(C)(C)C(C)(C)N3[O])cc2)cc(N([O])C(C)(C)C)c1. The van der Waals surface area contributed by atoms with Crippen molar-refractivity contribution in [3.63, 3.8) is 0 Å². The zero-order valence-corrected chi connectivity index (χ0v) is 22.5. The highest BCUT2D eigenvalue weighted by molar-refractivity contribution is 5.96. The number of hydroxylamine groups is 5. The van der Waals surface area contributed by atoms with Crippen LogP contribution in [0.3, 0.4) is 0 Å².